The van der Waals surface area contributed by atoms with E-state index in [2.05, 4.69) is 74.6 Å². The molecule has 0 fully saturated rings. The lowest BCUT2D eigenvalue weighted by atomic mass is 10.0. The van der Waals surface area contributed by atoms with Crippen LogP contribution in [0, 0.1) is 0 Å². The molecule has 0 heterocycles. The first-order chi connectivity index (χ1) is 20.1. The van der Waals surface area contributed by atoms with Gasteiger partial charge in [-0.15, -0.1) is 0 Å². The molecule has 0 radical (unpaired) electrons. The highest BCUT2D eigenvalue weighted by Crippen LogP contribution is 2.17. The molecule has 0 spiro atoms. The number of esters is 1. The van der Waals surface area contributed by atoms with Crippen molar-refractivity contribution in [2.75, 3.05) is 0 Å². The highest BCUT2D eigenvalue weighted by Gasteiger charge is 2.13. The molecule has 0 rings (SSSR count). The first-order valence-electron chi connectivity index (χ1n) is 16.8. The number of carbonyl (C=O) groups is 2. The summed E-state index contributed by atoms with van der Waals surface area (Å²) in [5, 5.41) is 8.68. The van der Waals surface area contributed by atoms with E-state index >= 15 is 0 Å². The van der Waals surface area contributed by atoms with Gasteiger partial charge in [-0.1, -0.05) is 126 Å². The Balaban J connectivity index is 3.79. The summed E-state index contributed by atoms with van der Waals surface area (Å²) in [4.78, 5) is 22.9. The largest absolute Gasteiger partial charge is 0.481 e. The van der Waals surface area contributed by atoms with E-state index in [4.69, 9.17) is 9.84 Å². The van der Waals surface area contributed by atoms with Crippen molar-refractivity contribution in [1.29, 1.82) is 0 Å². The van der Waals surface area contributed by atoms with Crippen LogP contribution < -0.4 is 0 Å². The van der Waals surface area contributed by atoms with E-state index in [0.717, 1.165) is 116 Å². The van der Waals surface area contributed by atoms with Gasteiger partial charge in [-0.2, -0.15) is 0 Å². The van der Waals surface area contributed by atoms with Crippen molar-refractivity contribution in [2.45, 2.75) is 161 Å². The molecule has 0 aromatic heterocycles. The van der Waals surface area contributed by atoms with Crippen LogP contribution in [0.1, 0.15) is 155 Å². The molecule has 41 heavy (non-hydrogen) atoms. The SMILES string of the molecule is CC/C=C\C/C=C\C/C=C\C/C=C\C/C=C\CCCCCC(=O)OC(CCCC)CCCCCCCCCC(=O)O. The maximum absolute atomic E-state index is 12.4. The predicted octanol–water partition coefficient (Wildman–Crippen LogP) is 11.4. The Labute approximate surface area is 253 Å². The van der Waals surface area contributed by atoms with Crippen LogP contribution in [0.3, 0.4) is 0 Å². The zero-order chi connectivity index (χ0) is 30.1. The molecule has 0 saturated heterocycles. The summed E-state index contributed by atoms with van der Waals surface area (Å²) >= 11 is 0. The number of carboxylic acids is 1. The molecular formula is C37H62O4. The fourth-order valence-corrected chi connectivity index (χ4v) is 4.55. The molecule has 0 aliphatic heterocycles. The quantitative estimate of drug-likeness (QED) is 0.0552. The van der Waals surface area contributed by atoms with E-state index < -0.39 is 5.97 Å². The Morgan fingerprint density at radius 1 is 0.561 bits per heavy atom. The number of hydrogen-bond acceptors (Lipinski definition) is 3. The highest BCUT2D eigenvalue weighted by atomic mass is 16.5. The molecule has 0 saturated carbocycles. The number of aliphatic carboxylic acids is 1. The number of ether oxygens (including phenoxy) is 1. The topological polar surface area (TPSA) is 63.6 Å². The van der Waals surface area contributed by atoms with Crippen molar-refractivity contribution in [3.05, 3.63) is 60.8 Å². The molecule has 1 unspecified atom stereocenters. The lowest BCUT2D eigenvalue weighted by Crippen LogP contribution is -2.18. The van der Waals surface area contributed by atoms with Crippen LogP contribution in [-0.2, 0) is 14.3 Å². The van der Waals surface area contributed by atoms with Gasteiger partial charge in [0.2, 0.25) is 0 Å². The maximum atomic E-state index is 12.4. The third kappa shape index (κ3) is 32.0. The molecular weight excluding hydrogens is 508 g/mol. The molecule has 0 bridgehead atoms. The zero-order valence-electron chi connectivity index (χ0n) is 26.6. The normalized spacial score (nSPS) is 13.0. The van der Waals surface area contributed by atoms with Crippen LogP contribution in [0.25, 0.3) is 0 Å². The van der Waals surface area contributed by atoms with Crippen molar-refractivity contribution >= 4 is 11.9 Å². The Kier molecular flexibility index (Phi) is 30.3. The van der Waals surface area contributed by atoms with E-state index in [9.17, 15) is 9.59 Å². The zero-order valence-corrected chi connectivity index (χ0v) is 26.6. The van der Waals surface area contributed by atoms with E-state index in [1.807, 2.05) is 0 Å². The fraction of sp³-hybridized carbons (Fsp3) is 0.676. The first kappa shape index (κ1) is 38.6. The minimum atomic E-state index is -0.695. The van der Waals surface area contributed by atoms with Gasteiger partial charge in [-0.25, -0.2) is 0 Å². The summed E-state index contributed by atoms with van der Waals surface area (Å²) in [6, 6.07) is 0. The third-order valence-electron chi connectivity index (χ3n) is 7.00. The number of allylic oxidation sites excluding steroid dienone is 10. The second kappa shape index (κ2) is 32.2. The Morgan fingerprint density at radius 3 is 1.59 bits per heavy atom. The average molecular weight is 571 g/mol. The van der Waals surface area contributed by atoms with E-state index in [1.54, 1.807) is 0 Å². The van der Waals surface area contributed by atoms with E-state index in [1.165, 1.54) is 12.8 Å². The first-order valence-corrected chi connectivity index (χ1v) is 16.8. The van der Waals surface area contributed by atoms with Gasteiger partial charge >= 0.3 is 11.9 Å². The van der Waals surface area contributed by atoms with Gasteiger partial charge < -0.3 is 9.84 Å². The standard InChI is InChI=1S/C37H62O4/c1-3-5-7-8-9-10-11-12-13-14-15-16-17-18-19-20-24-27-30-34-37(40)41-35(31-6-4-2)32-28-25-22-21-23-26-29-33-36(38)39/h5,7,9-10,12-13,15-16,18-19,35H,3-4,6,8,11,14,17,20-34H2,1-2H3,(H,38,39)/b7-5-,10-9-,13-12-,16-15-,19-18-. The summed E-state index contributed by atoms with van der Waals surface area (Å²) in [7, 11) is 0. The van der Waals surface area contributed by atoms with Crippen LogP contribution in [0.2, 0.25) is 0 Å². The van der Waals surface area contributed by atoms with Gasteiger partial charge in [0.05, 0.1) is 0 Å². The number of carbonyl (C=O) groups excluding carboxylic acids is 1. The van der Waals surface area contributed by atoms with Crippen LogP contribution in [-0.4, -0.2) is 23.1 Å². The summed E-state index contributed by atoms with van der Waals surface area (Å²) in [5.41, 5.74) is 0. The lowest BCUT2D eigenvalue weighted by Gasteiger charge is -2.18. The van der Waals surface area contributed by atoms with Gasteiger partial charge in [0.15, 0.2) is 0 Å². The van der Waals surface area contributed by atoms with Crippen LogP contribution in [0.5, 0.6) is 0 Å². The number of unbranched alkanes of at least 4 members (excludes halogenated alkanes) is 10. The van der Waals surface area contributed by atoms with Gasteiger partial charge in [-0.3, -0.25) is 9.59 Å². The number of rotatable bonds is 29. The highest BCUT2D eigenvalue weighted by molar-refractivity contribution is 5.69. The van der Waals surface area contributed by atoms with Gasteiger partial charge in [0.25, 0.3) is 0 Å². The molecule has 1 atom stereocenters. The number of hydrogen-bond donors (Lipinski definition) is 1. The molecule has 0 amide bonds. The van der Waals surface area contributed by atoms with E-state index in [-0.39, 0.29) is 18.5 Å². The van der Waals surface area contributed by atoms with Gasteiger partial charge in [0.1, 0.15) is 6.10 Å². The second-order valence-electron chi connectivity index (χ2n) is 11.0. The van der Waals surface area contributed by atoms with Crippen LogP contribution >= 0.6 is 0 Å². The molecule has 4 heteroatoms. The Hall–Kier alpha value is -2.36. The monoisotopic (exact) mass is 570 g/mol. The second-order valence-corrected chi connectivity index (χ2v) is 11.0. The molecule has 234 valence electrons. The minimum absolute atomic E-state index is 0.0283. The molecule has 0 aliphatic rings. The van der Waals surface area contributed by atoms with Crippen LogP contribution in [0.15, 0.2) is 60.8 Å². The van der Waals surface area contributed by atoms with Crippen LogP contribution in [0.4, 0.5) is 0 Å². The summed E-state index contributed by atoms with van der Waals surface area (Å²) in [5.74, 6) is -0.724. The maximum Gasteiger partial charge on any atom is 0.306 e. The molecule has 0 aromatic carbocycles. The predicted molar refractivity (Wildman–Crippen MR) is 176 cm³/mol. The average Bonchev–Trinajstić information content (AvgIpc) is 2.95. The number of carboxylic acid groups (broad SMARTS) is 1. The molecule has 0 aromatic rings. The molecule has 1 N–H and O–H groups in total. The third-order valence-corrected chi connectivity index (χ3v) is 7.00. The summed E-state index contributed by atoms with van der Waals surface area (Å²) in [6.45, 7) is 4.34. The van der Waals surface area contributed by atoms with Crippen molar-refractivity contribution < 1.29 is 19.4 Å². The summed E-state index contributed by atoms with van der Waals surface area (Å²) < 4.78 is 5.85. The fourth-order valence-electron chi connectivity index (χ4n) is 4.55. The minimum Gasteiger partial charge on any atom is -0.481 e. The van der Waals surface area contributed by atoms with Gasteiger partial charge in [-0.05, 0) is 77.0 Å². The smallest absolute Gasteiger partial charge is 0.306 e. The van der Waals surface area contributed by atoms with Crippen molar-refractivity contribution in [2.24, 2.45) is 0 Å². The molecule has 0 aliphatic carbocycles. The van der Waals surface area contributed by atoms with Crippen molar-refractivity contribution in [3.63, 3.8) is 0 Å². The lowest BCUT2D eigenvalue weighted by molar-refractivity contribution is -0.150. The Morgan fingerprint density at radius 2 is 1.02 bits per heavy atom. The summed E-state index contributed by atoms with van der Waals surface area (Å²) in [6.07, 6.45) is 44.1. The Bertz CT molecular complexity index is 744. The molecule has 4 nitrogen and oxygen atoms in total. The van der Waals surface area contributed by atoms with Crippen molar-refractivity contribution in [1.82, 2.24) is 0 Å². The van der Waals surface area contributed by atoms with Gasteiger partial charge in [0, 0.05) is 12.8 Å². The van der Waals surface area contributed by atoms with E-state index in [0.29, 0.717) is 6.42 Å². The van der Waals surface area contributed by atoms with Crippen molar-refractivity contribution in [3.8, 4) is 0 Å².